The lowest BCUT2D eigenvalue weighted by molar-refractivity contribution is 0.639. The second-order valence-electron chi connectivity index (χ2n) is 3.82. The summed E-state index contributed by atoms with van der Waals surface area (Å²) >= 11 is 6.00. The number of halogens is 2. The van der Waals surface area contributed by atoms with E-state index in [2.05, 4.69) is 15.2 Å². The van der Waals surface area contributed by atoms with Crippen LogP contribution in [0.1, 0.15) is 0 Å². The number of aromatic amines is 1. The van der Waals surface area contributed by atoms with E-state index in [1.807, 2.05) is 0 Å². The number of nitrogens with one attached hydrogen (secondary N) is 1. The molecule has 4 nitrogen and oxygen atoms in total. The van der Waals surface area contributed by atoms with Crippen molar-refractivity contribution < 1.29 is 4.39 Å². The molecule has 90 valence electrons. The largest absolute Gasteiger partial charge is 0.384 e. The molecule has 0 saturated heterocycles. The van der Waals surface area contributed by atoms with Gasteiger partial charge < -0.3 is 5.73 Å². The third-order valence-electron chi connectivity index (χ3n) is 2.68. The number of fused-ring (bicyclic) bond motifs is 1. The summed E-state index contributed by atoms with van der Waals surface area (Å²) in [7, 11) is 0. The molecule has 1 aromatic carbocycles. The zero-order valence-electron chi connectivity index (χ0n) is 9.11. The van der Waals surface area contributed by atoms with Gasteiger partial charge in [0.2, 0.25) is 0 Å². The number of hydrogen-bond donors (Lipinski definition) is 2. The summed E-state index contributed by atoms with van der Waals surface area (Å²) in [6.07, 6.45) is 1.55. The summed E-state index contributed by atoms with van der Waals surface area (Å²) in [5.41, 5.74) is 6.70. The lowest BCUT2D eigenvalue weighted by Crippen LogP contribution is -1.95. The molecule has 18 heavy (non-hydrogen) atoms. The van der Waals surface area contributed by atoms with E-state index in [4.69, 9.17) is 17.3 Å². The lowest BCUT2D eigenvalue weighted by atomic mass is 10.1. The molecule has 2 heterocycles. The molecule has 0 amide bonds. The van der Waals surface area contributed by atoms with Crippen LogP contribution in [-0.4, -0.2) is 15.2 Å². The van der Waals surface area contributed by atoms with Crippen molar-refractivity contribution in [2.75, 3.05) is 5.73 Å². The fourth-order valence-electron chi connectivity index (χ4n) is 1.85. The first-order valence-electron chi connectivity index (χ1n) is 5.21. The summed E-state index contributed by atoms with van der Waals surface area (Å²) in [6, 6.07) is 6.52. The maximum Gasteiger partial charge on any atom is 0.158 e. The van der Waals surface area contributed by atoms with Gasteiger partial charge in [-0.05, 0) is 18.2 Å². The molecule has 3 aromatic rings. The zero-order chi connectivity index (χ0) is 12.7. The maximum absolute atomic E-state index is 14.4. The van der Waals surface area contributed by atoms with Crippen LogP contribution >= 0.6 is 11.6 Å². The van der Waals surface area contributed by atoms with Crippen molar-refractivity contribution in [1.29, 1.82) is 0 Å². The fourth-order valence-corrected chi connectivity index (χ4v) is 2.11. The van der Waals surface area contributed by atoms with Gasteiger partial charge in [-0.1, -0.05) is 17.7 Å². The number of pyridine rings is 1. The lowest BCUT2D eigenvalue weighted by Gasteiger charge is -2.06. The average molecular weight is 263 g/mol. The highest BCUT2D eigenvalue weighted by molar-refractivity contribution is 6.35. The van der Waals surface area contributed by atoms with Crippen LogP contribution in [0.4, 0.5) is 10.2 Å². The first kappa shape index (κ1) is 11.0. The van der Waals surface area contributed by atoms with Gasteiger partial charge in [0.05, 0.1) is 10.7 Å². The van der Waals surface area contributed by atoms with Gasteiger partial charge in [-0.2, -0.15) is 5.10 Å². The van der Waals surface area contributed by atoms with Crippen LogP contribution < -0.4 is 5.73 Å². The average Bonchev–Trinajstić information content (AvgIpc) is 2.84. The highest BCUT2D eigenvalue weighted by Crippen LogP contribution is 2.31. The van der Waals surface area contributed by atoms with Crippen molar-refractivity contribution in [3.8, 4) is 11.3 Å². The molecular formula is C12H8ClFN4. The van der Waals surface area contributed by atoms with Crippen LogP contribution in [0.5, 0.6) is 0 Å². The number of nitrogen functional groups attached to an aromatic ring is 1. The molecule has 2 aromatic heterocycles. The Labute approximate surface area is 107 Å². The predicted molar refractivity (Wildman–Crippen MR) is 68.7 cm³/mol. The first-order valence-corrected chi connectivity index (χ1v) is 5.58. The molecule has 6 heteroatoms. The second-order valence-corrected chi connectivity index (χ2v) is 4.23. The van der Waals surface area contributed by atoms with Crippen molar-refractivity contribution in [3.63, 3.8) is 0 Å². The normalized spacial score (nSPS) is 11.0. The van der Waals surface area contributed by atoms with Crippen molar-refractivity contribution in [1.82, 2.24) is 15.2 Å². The van der Waals surface area contributed by atoms with Crippen LogP contribution in [0.25, 0.3) is 22.2 Å². The van der Waals surface area contributed by atoms with Gasteiger partial charge in [0.25, 0.3) is 0 Å². The minimum absolute atomic E-state index is 0.159. The number of H-pyrrole nitrogens is 1. The fraction of sp³-hybridized carbons (Fsp3) is 0. The van der Waals surface area contributed by atoms with Gasteiger partial charge in [-0.25, -0.2) is 9.37 Å². The van der Waals surface area contributed by atoms with E-state index in [-0.39, 0.29) is 11.3 Å². The molecule has 0 bridgehead atoms. The monoisotopic (exact) mass is 262 g/mol. The standard InChI is InChI=1S/C12H8ClFN4/c13-8-5-10(15)17-12-6(8)1-2-7(11(12)14)9-3-4-16-18-9/h1-5H,(H2,15,17)(H,16,18). The minimum atomic E-state index is -0.467. The maximum atomic E-state index is 14.4. The van der Waals surface area contributed by atoms with E-state index in [1.165, 1.54) is 6.07 Å². The Bertz CT molecular complexity index is 725. The molecular weight excluding hydrogens is 255 g/mol. The van der Waals surface area contributed by atoms with Gasteiger partial charge in [-0.3, -0.25) is 5.10 Å². The molecule has 0 aliphatic carbocycles. The molecule has 0 saturated carbocycles. The number of hydrogen-bond acceptors (Lipinski definition) is 3. The summed E-state index contributed by atoms with van der Waals surface area (Å²) in [4.78, 5) is 3.99. The van der Waals surface area contributed by atoms with Crippen molar-refractivity contribution >= 4 is 28.3 Å². The molecule has 0 radical (unpaired) electrons. The predicted octanol–water partition coefficient (Wildman–Crippen LogP) is 3.00. The molecule has 3 N–H and O–H groups in total. The number of anilines is 1. The molecule has 0 aliphatic heterocycles. The number of aromatic nitrogens is 3. The van der Waals surface area contributed by atoms with Gasteiger partial charge in [0, 0.05) is 17.1 Å². The minimum Gasteiger partial charge on any atom is -0.384 e. The number of nitrogens with two attached hydrogens (primary N) is 1. The van der Waals surface area contributed by atoms with Crippen molar-refractivity contribution in [2.45, 2.75) is 0 Å². The number of nitrogens with zero attached hydrogens (tertiary/aromatic N) is 2. The van der Waals surface area contributed by atoms with E-state index < -0.39 is 5.82 Å². The summed E-state index contributed by atoms with van der Waals surface area (Å²) in [5, 5.41) is 7.41. The Hall–Kier alpha value is -2.14. The highest BCUT2D eigenvalue weighted by atomic mass is 35.5. The van der Waals surface area contributed by atoms with E-state index in [0.717, 1.165) is 0 Å². The van der Waals surface area contributed by atoms with E-state index in [1.54, 1.807) is 24.4 Å². The van der Waals surface area contributed by atoms with Crippen LogP contribution in [0.2, 0.25) is 5.02 Å². The van der Waals surface area contributed by atoms with Gasteiger partial charge in [0.15, 0.2) is 5.82 Å². The molecule has 0 fully saturated rings. The Morgan fingerprint density at radius 2 is 2.11 bits per heavy atom. The van der Waals surface area contributed by atoms with Gasteiger partial charge in [-0.15, -0.1) is 0 Å². The second kappa shape index (κ2) is 3.96. The Kier molecular flexibility index (Phi) is 2.41. The van der Waals surface area contributed by atoms with E-state index in [9.17, 15) is 4.39 Å². The zero-order valence-corrected chi connectivity index (χ0v) is 9.87. The number of benzene rings is 1. The molecule has 3 rings (SSSR count). The Morgan fingerprint density at radius 1 is 1.28 bits per heavy atom. The summed E-state index contributed by atoms with van der Waals surface area (Å²) < 4.78 is 14.4. The smallest absolute Gasteiger partial charge is 0.158 e. The topological polar surface area (TPSA) is 67.6 Å². The molecule has 0 spiro atoms. The van der Waals surface area contributed by atoms with Crippen LogP contribution in [0.15, 0.2) is 30.5 Å². The van der Waals surface area contributed by atoms with Gasteiger partial charge >= 0.3 is 0 Å². The molecule has 0 aliphatic rings. The SMILES string of the molecule is Nc1cc(Cl)c2ccc(-c3ccn[nH]3)c(F)c2n1. The van der Waals surface area contributed by atoms with Crippen molar-refractivity contribution in [2.24, 2.45) is 0 Å². The third-order valence-corrected chi connectivity index (χ3v) is 2.99. The van der Waals surface area contributed by atoms with Crippen molar-refractivity contribution in [3.05, 3.63) is 41.3 Å². The van der Waals surface area contributed by atoms with E-state index in [0.29, 0.717) is 21.7 Å². The quantitative estimate of drug-likeness (QED) is 0.708. The van der Waals surface area contributed by atoms with Crippen LogP contribution in [0, 0.1) is 5.82 Å². The van der Waals surface area contributed by atoms with E-state index >= 15 is 0 Å². The first-order chi connectivity index (χ1) is 8.66. The van der Waals surface area contributed by atoms with Gasteiger partial charge in [0.1, 0.15) is 11.3 Å². The Balaban J connectivity index is 2.36. The number of rotatable bonds is 1. The Morgan fingerprint density at radius 3 is 2.83 bits per heavy atom. The molecule has 0 unspecified atom stereocenters. The third kappa shape index (κ3) is 1.60. The summed E-state index contributed by atoms with van der Waals surface area (Å²) in [6.45, 7) is 0. The highest BCUT2D eigenvalue weighted by Gasteiger charge is 2.13. The van der Waals surface area contributed by atoms with Crippen LogP contribution in [0.3, 0.4) is 0 Å². The summed E-state index contributed by atoms with van der Waals surface area (Å²) in [5.74, 6) is -0.279. The molecule has 0 atom stereocenters. The van der Waals surface area contributed by atoms with Crippen LogP contribution in [-0.2, 0) is 0 Å².